The van der Waals surface area contributed by atoms with Crippen LogP contribution in [0.1, 0.15) is 28.5 Å². The quantitative estimate of drug-likeness (QED) is 0.602. The number of pyridine rings is 1. The number of amides is 1. The third kappa shape index (κ3) is 4.79. The molecule has 3 aromatic rings. The van der Waals surface area contributed by atoms with E-state index in [0.29, 0.717) is 23.0 Å². The van der Waals surface area contributed by atoms with Crippen LogP contribution in [-0.2, 0) is 16.7 Å². The van der Waals surface area contributed by atoms with E-state index in [2.05, 4.69) is 15.3 Å². The molecule has 1 aliphatic heterocycles. The van der Waals surface area contributed by atoms with E-state index in [-0.39, 0.29) is 24.0 Å². The summed E-state index contributed by atoms with van der Waals surface area (Å²) in [5.74, 6) is -0.589. The Morgan fingerprint density at radius 1 is 1.25 bits per heavy atom. The average molecular weight is 453 g/mol. The van der Waals surface area contributed by atoms with Gasteiger partial charge in [-0.05, 0) is 42.8 Å². The molecule has 2 aromatic carbocycles. The third-order valence-electron chi connectivity index (χ3n) is 5.30. The Balaban J connectivity index is 1.55. The maximum absolute atomic E-state index is 14.8. The monoisotopic (exact) mass is 452 g/mol. The summed E-state index contributed by atoms with van der Waals surface area (Å²) < 4.78 is 20.8. The molecule has 3 N–H and O–H groups in total. The lowest BCUT2D eigenvalue weighted by Gasteiger charge is -2.34. The van der Waals surface area contributed by atoms with Crippen molar-refractivity contribution in [2.45, 2.75) is 25.0 Å². The maximum atomic E-state index is 14.8. The summed E-state index contributed by atoms with van der Waals surface area (Å²) in [7, 11) is 0. The van der Waals surface area contributed by atoms with Gasteiger partial charge in [-0.3, -0.25) is 9.79 Å². The van der Waals surface area contributed by atoms with Crippen molar-refractivity contribution in [2.24, 2.45) is 10.7 Å². The first-order valence-electron chi connectivity index (χ1n) is 10.1. The summed E-state index contributed by atoms with van der Waals surface area (Å²) >= 11 is 5.81. The molecule has 0 spiro atoms. The minimum absolute atomic E-state index is 0.151. The molecule has 8 heteroatoms. The van der Waals surface area contributed by atoms with E-state index in [9.17, 15) is 9.18 Å². The topological polar surface area (TPSA) is 89.6 Å². The van der Waals surface area contributed by atoms with Crippen molar-refractivity contribution in [3.8, 4) is 0 Å². The maximum Gasteiger partial charge on any atom is 0.274 e. The second-order valence-electron chi connectivity index (χ2n) is 7.81. The Morgan fingerprint density at radius 2 is 2.03 bits per heavy atom. The molecule has 164 valence electrons. The fraction of sp³-hybridized carbons (Fsp3) is 0.208. The fourth-order valence-electron chi connectivity index (χ4n) is 3.59. The molecule has 0 aliphatic carbocycles. The van der Waals surface area contributed by atoms with Gasteiger partial charge in [-0.1, -0.05) is 41.9 Å². The molecular formula is C24H22ClFN4O2. The van der Waals surface area contributed by atoms with E-state index in [1.165, 1.54) is 24.4 Å². The number of nitrogens with two attached hydrogens (primary N) is 1. The highest BCUT2D eigenvalue weighted by Gasteiger charge is 2.36. The van der Waals surface area contributed by atoms with Crippen molar-refractivity contribution in [3.63, 3.8) is 0 Å². The van der Waals surface area contributed by atoms with E-state index in [0.717, 1.165) is 5.56 Å². The molecule has 32 heavy (non-hydrogen) atoms. The SMILES string of the molecule is C[C@]1(c2cc(NC(=O)c3ccc(Cl)cn3)ccc2F)CO[C@H](Cc2ccccc2)C(N)=N1. The number of anilines is 1. The number of aliphatic imine (C=N–C) groups is 1. The van der Waals surface area contributed by atoms with Crippen LogP contribution in [0.25, 0.3) is 0 Å². The van der Waals surface area contributed by atoms with Crippen molar-refractivity contribution in [3.05, 3.63) is 94.5 Å². The number of carbonyl (C=O) groups is 1. The molecule has 1 aromatic heterocycles. The van der Waals surface area contributed by atoms with Crippen molar-refractivity contribution in [2.75, 3.05) is 11.9 Å². The Bertz CT molecular complexity index is 1150. The summed E-state index contributed by atoms with van der Waals surface area (Å²) in [5, 5.41) is 3.15. The molecular weight excluding hydrogens is 431 g/mol. The van der Waals surface area contributed by atoms with Crippen LogP contribution in [0.15, 0.2) is 71.9 Å². The molecule has 0 fully saturated rings. The molecule has 4 rings (SSSR count). The van der Waals surface area contributed by atoms with Gasteiger partial charge in [-0.25, -0.2) is 9.37 Å². The fourth-order valence-corrected chi connectivity index (χ4v) is 3.70. The Labute approximate surface area is 190 Å². The van der Waals surface area contributed by atoms with Gasteiger partial charge in [0.2, 0.25) is 0 Å². The van der Waals surface area contributed by atoms with Gasteiger partial charge in [0.1, 0.15) is 29.0 Å². The lowest BCUT2D eigenvalue weighted by atomic mass is 9.90. The third-order valence-corrected chi connectivity index (χ3v) is 5.52. The number of amidine groups is 1. The van der Waals surface area contributed by atoms with E-state index < -0.39 is 17.3 Å². The zero-order chi connectivity index (χ0) is 22.7. The second kappa shape index (κ2) is 9.06. The number of rotatable bonds is 5. The van der Waals surface area contributed by atoms with Gasteiger partial charge in [0, 0.05) is 23.9 Å². The van der Waals surface area contributed by atoms with Crippen molar-refractivity contribution < 1.29 is 13.9 Å². The number of hydrogen-bond donors (Lipinski definition) is 2. The van der Waals surface area contributed by atoms with Crippen LogP contribution in [0, 0.1) is 5.82 Å². The minimum atomic E-state index is -1.03. The molecule has 2 heterocycles. The predicted molar refractivity (Wildman–Crippen MR) is 122 cm³/mol. The Morgan fingerprint density at radius 3 is 2.72 bits per heavy atom. The van der Waals surface area contributed by atoms with E-state index in [1.807, 2.05) is 30.3 Å². The van der Waals surface area contributed by atoms with Gasteiger partial charge in [-0.15, -0.1) is 0 Å². The first kappa shape index (κ1) is 21.9. The number of carbonyl (C=O) groups excluding carboxylic acids is 1. The normalized spacial score (nSPS) is 20.5. The molecule has 0 unspecified atom stereocenters. The highest BCUT2D eigenvalue weighted by Crippen LogP contribution is 2.33. The number of aromatic nitrogens is 1. The summed E-state index contributed by atoms with van der Waals surface area (Å²) in [4.78, 5) is 21.1. The second-order valence-corrected chi connectivity index (χ2v) is 8.25. The van der Waals surface area contributed by atoms with Gasteiger partial charge < -0.3 is 15.8 Å². The van der Waals surface area contributed by atoms with Gasteiger partial charge in [0.15, 0.2) is 0 Å². The number of ether oxygens (including phenoxy) is 1. The smallest absolute Gasteiger partial charge is 0.274 e. The van der Waals surface area contributed by atoms with Gasteiger partial charge in [0.05, 0.1) is 11.6 Å². The zero-order valence-corrected chi connectivity index (χ0v) is 18.1. The van der Waals surface area contributed by atoms with Crippen molar-refractivity contribution in [1.29, 1.82) is 0 Å². The minimum Gasteiger partial charge on any atom is -0.385 e. The first-order valence-corrected chi connectivity index (χ1v) is 10.5. The number of nitrogens with one attached hydrogen (secondary N) is 1. The van der Waals surface area contributed by atoms with Crippen LogP contribution >= 0.6 is 11.6 Å². The predicted octanol–water partition coefficient (Wildman–Crippen LogP) is 4.34. The van der Waals surface area contributed by atoms with Crippen LogP contribution in [0.4, 0.5) is 10.1 Å². The molecule has 1 amide bonds. The average Bonchev–Trinajstić information content (AvgIpc) is 2.78. The zero-order valence-electron chi connectivity index (χ0n) is 17.4. The lowest BCUT2D eigenvalue weighted by molar-refractivity contribution is 0.0445. The van der Waals surface area contributed by atoms with Crippen LogP contribution in [0.5, 0.6) is 0 Å². The van der Waals surface area contributed by atoms with E-state index in [1.54, 1.807) is 19.1 Å². The highest BCUT2D eigenvalue weighted by molar-refractivity contribution is 6.30. The molecule has 0 radical (unpaired) electrons. The standard InChI is InChI=1S/C24H22ClFN4O2/c1-24(14-32-21(22(27)30-24)11-15-5-3-2-4-6-15)18-12-17(8-9-19(18)26)29-23(31)20-10-7-16(25)13-28-20/h2-10,12-13,21H,11,14H2,1H3,(H2,27,30)(H,29,31)/t21-,24-/m1/s1. The summed E-state index contributed by atoms with van der Waals surface area (Å²) in [6.07, 6.45) is 1.59. The number of benzene rings is 2. The largest absolute Gasteiger partial charge is 0.385 e. The first-order chi connectivity index (χ1) is 15.3. The van der Waals surface area contributed by atoms with E-state index >= 15 is 0 Å². The molecule has 1 aliphatic rings. The van der Waals surface area contributed by atoms with Crippen LogP contribution < -0.4 is 11.1 Å². The molecule has 2 atom stereocenters. The highest BCUT2D eigenvalue weighted by atomic mass is 35.5. The van der Waals surface area contributed by atoms with Crippen LogP contribution in [0.2, 0.25) is 5.02 Å². The Kier molecular flexibility index (Phi) is 6.21. The molecule has 6 nitrogen and oxygen atoms in total. The van der Waals surface area contributed by atoms with E-state index in [4.69, 9.17) is 22.1 Å². The Hall–Kier alpha value is -3.29. The summed E-state index contributed by atoms with van der Waals surface area (Å²) in [6.45, 7) is 1.90. The van der Waals surface area contributed by atoms with Crippen LogP contribution in [0.3, 0.4) is 0 Å². The van der Waals surface area contributed by atoms with Crippen molar-refractivity contribution >= 4 is 29.0 Å². The van der Waals surface area contributed by atoms with Gasteiger partial charge in [-0.2, -0.15) is 0 Å². The summed E-state index contributed by atoms with van der Waals surface area (Å²) in [6, 6.07) is 17.2. The molecule has 0 bridgehead atoms. The molecule has 0 saturated carbocycles. The number of hydrogen-bond acceptors (Lipinski definition) is 5. The molecule has 0 saturated heterocycles. The number of nitrogens with zero attached hydrogens (tertiary/aromatic N) is 2. The van der Waals surface area contributed by atoms with Crippen molar-refractivity contribution in [1.82, 2.24) is 4.98 Å². The lowest BCUT2D eigenvalue weighted by Crippen LogP contribution is -2.45. The van der Waals surface area contributed by atoms with Crippen LogP contribution in [-0.4, -0.2) is 29.4 Å². The number of halogens is 2. The van der Waals surface area contributed by atoms with Gasteiger partial charge in [0.25, 0.3) is 5.91 Å². The van der Waals surface area contributed by atoms with Gasteiger partial charge >= 0.3 is 0 Å². The summed E-state index contributed by atoms with van der Waals surface area (Å²) in [5.41, 5.74) is 7.14.